The number of nitrogens with one attached hydrogen (secondary N) is 1. The Balaban J connectivity index is 1.98. The van der Waals surface area contributed by atoms with Crippen LogP contribution in [0.1, 0.15) is 29.9 Å². The lowest BCUT2D eigenvalue weighted by molar-refractivity contribution is 0.457. The first-order valence-electron chi connectivity index (χ1n) is 5.68. The van der Waals surface area contributed by atoms with Crippen molar-refractivity contribution in [2.24, 2.45) is 0 Å². The van der Waals surface area contributed by atoms with Crippen LogP contribution in [-0.4, -0.2) is 0 Å². The molecule has 0 radical (unpaired) electrons. The highest BCUT2D eigenvalue weighted by Gasteiger charge is 2.07. The highest BCUT2D eigenvalue weighted by atomic mass is 19.1. The predicted octanol–water partition coefficient (Wildman–Crippen LogP) is 3.58. The Morgan fingerprint density at radius 1 is 1.35 bits per heavy atom. The van der Waals surface area contributed by atoms with Crippen molar-refractivity contribution >= 4 is 0 Å². The van der Waals surface area contributed by atoms with Gasteiger partial charge in [-0.25, -0.2) is 4.39 Å². The van der Waals surface area contributed by atoms with Crippen LogP contribution >= 0.6 is 0 Å². The van der Waals surface area contributed by atoms with E-state index in [0.717, 1.165) is 16.9 Å². The molecule has 17 heavy (non-hydrogen) atoms. The van der Waals surface area contributed by atoms with E-state index in [9.17, 15) is 4.39 Å². The van der Waals surface area contributed by atoms with Gasteiger partial charge in [-0.05, 0) is 43.2 Å². The zero-order valence-corrected chi connectivity index (χ0v) is 10.0. The first-order valence-corrected chi connectivity index (χ1v) is 5.68. The number of furan rings is 1. The molecule has 0 bridgehead atoms. The fraction of sp³-hybridized carbons (Fsp3) is 0.286. The minimum Gasteiger partial charge on any atom is -0.468 e. The SMILES string of the molecule is Cc1ccoc1CN[C@H](C)c1cccc(F)c1. The molecule has 0 unspecified atom stereocenters. The summed E-state index contributed by atoms with van der Waals surface area (Å²) < 4.78 is 18.4. The smallest absolute Gasteiger partial charge is 0.123 e. The lowest BCUT2D eigenvalue weighted by atomic mass is 10.1. The van der Waals surface area contributed by atoms with Gasteiger partial charge in [-0.3, -0.25) is 0 Å². The average molecular weight is 233 g/mol. The summed E-state index contributed by atoms with van der Waals surface area (Å²) >= 11 is 0. The molecule has 0 aliphatic carbocycles. The molecule has 0 saturated carbocycles. The zero-order valence-electron chi connectivity index (χ0n) is 10.0. The molecule has 0 spiro atoms. The molecule has 1 atom stereocenters. The standard InChI is InChI=1S/C14H16FNO/c1-10-6-7-17-14(10)9-16-11(2)12-4-3-5-13(15)8-12/h3-8,11,16H,9H2,1-2H3/t11-/m1/s1. The van der Waals surface area contributed by atoms with Gasteiger partial charge in [-0.15, -0.1) is 0 Å². The Morgan fingerprint density at radius 3 is 2.82 bits per heavy atom. The van der Waals surface area contributed by atoms with Crippen LogP contribution in [0.5, 0.6) is 0 Å². The number of halogens is 1. The Labute approximate surface area is 100 Å². The van der Waals surface area contributed by atoms with Crippen molar-refractivity contribution in [2.45, 2.75) is 26.4 Å². The molecule has 0 aliphatic heterocycles. The summed E-state index contributed by atoms with van der Waals surface area (Å²) in [5, 5.41) is 3.31. The second-order valence-corrected chi connectivity index (χ2v) is 4.18. The topological polar surface area (TPSA) is 25.2 Å². The third kappa shape index (κ3) is 2.94. The molecule has 1 aromatic carbocycles. The van der Waals surface area contributed by atoms with Crippen molar-refractivity contribution in [3.8, 4) is 0 Å². The Bertz CT molecular complexity index is 492. The van der Waals surface area contributed by atoms with Crippen LogP contribution in [0, 0.1) is 12.7 Å². The number of benzene rings is 1. The van der Waals surface area contributed by atoms with Crippen LogP contribution in [0.25, 0.3) is 0 Å². The third-order valence-corrected chi connectivity index (χ3v) is 2.89. The third-order valence-electron chi connectivity index (χ3n) is 2.89. The van der Waals surface area contributed by atoms with E-state index >= 15 is 0 Å². The fourth-order valence-electron chi connectivity index (χ4n) is 1.72. The van der Waals surface area contributed by atoms with Gasteiger partial charge in [0.2, 0.25) is 0 Å². The Morgan fingerprint density at radius 2 is 2.18 bits per heavy atom. The Kier molecular flexibility index (Phi) is 3.59. The van der Waals surface area contributed by atoms with Gasteiger partial charge in [0, 0.05) is 6.04 Å². The van der Waals surface area contributed by atoms with Crippen molar-refractivity contribution in [1.29, 1.82) is 0 Å². The summed E-state index contributed by atoms with van der Waals surface area (Å²) in [7, 11) is 0. The molecule has 0 amide bonds. The lowest BCUT2D eigenvalue weighted by Gasteiger charge is -2.13. The second kappa shape index (κ2) is 5.15. The van der Waals surface area contributed by atoms with Crippen molar-refractivity contribution in [3.63, 3.8) is 0 Å². The monoisotopic (exact) mass is 233 g/mol. The van der Waals surface area contributed by atoms with E-state index in [2.05, 4.69) is 5.32 Å². The molecule has 2 nitrogen and oxygen atoms in total. The van der Waals surface area contributed by atoms with Gasteiger partial charge in [0.1, 0.15) is 11.6 Å². The maximum absolute atomic E-state index is 13.1. The van der Waals surface area contributed by atoms with E-state index in [0.29, 0.717) is 6.54 Å². The van der Waals surface area contributed by atoms with E-state index in [1.54, 1.807) is 18.4 Å². The molecule has 0 fully saturated rings. The molecular formula is C14H16FNO. The largest absolute Gasteiger partial charge is 0.468 e. The summed E-state index contributed by atoms with van der Waals surface area (Å²) in [6, 6.07) is 8.66. The molecule has 0 aliphatic rings. The van der Waals surface area contributed by atoms with E-state index < -0.39 is 0 Å². The molecule has 2 rings (SSSR count). The van der Waals surface area contributed by atoms with Gasteiger partial charge >= 0.3 is 0 Å². The van der Waals surface area contributed by atoms with Gasteiger partial charge in [-0.2, -0.15) is 0 Å². The summed E-state index contributed by atoms with van der Waals surface area (Å²) in [5.74, 6) is 0.721. The van der Waals surface area contributed by atoms with Gasteiger partial charge < -0.3 is 9.73 Å². The van der Waals surface area contributed by atoms with Crippen LogP contribution in [0.15, 0.2) is 41.0 Å². The van der Waals surface area contributed by atoms with E-state index in [4.69, 9.17) is 4.42 Å². The number of hydrogen-bond acceptors (Lipinski definition) is 2. The maximum Gasteiger partial charge on any atom is 0.123 e. The van der Waals surface area contributed by atoms with Crippen LogP contribution in [0.2, 0.25) is 0 Å². The molecule has 0 saturated heterocycles. The van der Waals surface area contributed by atoms with Gasteiger partial charge in [-0.1, -0.05) is 12.1 Å². The quantitative estimate of drug-likeness (QED) is 0.873. The first kappa shape index (κ1) is 11.9. The van der Waals surface area contributed by atoms with Gasteiger partial charge in [0.05, 0.1) is 12.8 Å². The molecule has 3 heteroatoms. The van der Waals surface area contributed by atoms with Crippen LogP contribution in [-0.2, 0) is 6.54 Å². The van der Waals surface area contributed by atoms with E-state index in [1.165, 1.54) is 6.07 Å². The minimum absolute atomic E-state index is 0.0928. The van der Waals surface area contributed by atoms with Crippen molar-refractivity contribution in [3.05, 3.63) is 59.3 Å². The Hall–Kier alpha value is -1.61. The minimum atomic E-state index is -0.203. The predicted molar refractivity (Wildman–Crippen MR) is 65.1 cm³/mol. The summed E-state index contributed by atoms with van der Waals surface area (Å²) in [6.07, 6.45) is 1.68. The normalized spacial score (nSPS) is 12.6. The highest BCUT2D eigenvalue weighted by Crippen LogP contribution is 2.15. The van der Waals surface area contributed by atoms with Crippen LogP contribution in [0.4, 0.5) is 4.39 Å². The summed E-state index contributed by atoms with van der Waals surface area (Å²) in [6.45, 7) is 4.66. The second-order valence-electron chi connectivity index (χ2n) is 4.18. The first-order chi connectivity index (χ1) is 8.16. The van der Waals surface area contributed by atoms with Gasteiger partial charge in [0.25, 0.3) is 0 Å². The van der Waals surface area contributed by atoms with Crippen LogP contribution in [0.3, 0.4) is 0 Å². The highest BCUT2D eigenvalue weighted by molar-refractivity contribution is 5.20. The molecule has 2 aromatic rings. The number of hydrogen-bond donors (Lipinski definition) is 1. The average Bonchev–Trinajstić information content (AvgIpc) is 2.72. The summed E-state index contributed by atoms with van der Waals surface area (Å²) in [5.41, 5.74) is 2.07. The molecule has 1 N–H and O–H groups in total. The van der Waals surface area contributed by atoms with E-state index in [-0.39, 0.29) is 11.9 Å². The number of aryl methyl sites for hydroxylation is 1. The maximum atomic E-state index is 13.1. The van der Waals surface area contributed by atoms with Gasteiger partial charge in [0.15, 0.2) is 0 Å². The van der Waals surface area contributed by atoms with Crippen LogP contribution < -0.4 is 5.32 Å². The van der Waals surface area contributed by atoms with Crippen molar-refractivity contribution < 1.29 is 8.81 Å². The molecule has 1 heterocycles. The zero-order chi connectivity index (χ0) is 12.3. The molecular weight excluding hydrogens is 217 g/mol. The van der Waals surface area contributed by atoms with Crippen molar-refractivity contribution in [1.82, 2.24) is 5.32 Å². The molecule has 1 aromatic heterocycles. The molecule has 90 valence electrons. The van der Waals surface area contributed by atoms with E-state index in [1.807, 2.05) is 26.0 Å². The summed E-state index contributed by atoms with van der Waals surface area (Å²) in [4.78, 5) is 0. The number of rotatable bonds is 4. The fourth-order valence-corrected chi connectivity index (χ4v) is 1.72. The lowest BCUT2D eigenvalue weighted by Crippen LogP contribution is -2.18. The van der Waals surface area contributed by atoms with Crippen molar-refractivity contribution in [2.75, 3.05) is 0 Å².